The molecule has 0 aliphatic heterocycles. The highest BCUT2D eigenvalue weighted by atomic mass is 32.2. The highest BCUT2D eigenvalue weighted by Crippen LogP contribution is 2.22. The molecule has 4 aromatic carbocycles. The van der Waals surface area contributed by atoms with Gasteiger partial charge in [-0.3, -0.25) is 9.13 Å². The minimum atomic E-state index is -3.75. The van der Waals surface area contributed by atoms with Crippen LogP contribution in [0, 0.1) is 13.8 Å². The van der Waals surface area contributed by atoms with Crippen LogP contribution in [-0.2, 0) is 23.0 Å². The first-order valence-corrected chi connectivity index (χ1v) is 14.2. The fourth-order valence-electron chi connectivity index (χ4n) is 4.75. The molecule has 7 heteroatoms. The molecule has 0 fully saturated rings. The van der Waals surface area contributed by atoms with Crippen molar-refractivity contribution in [2.24, 2.45) is 0 Å². The van der Waals surface area contributed by atoms with E-state index in [1.54, 1.807) is 39.5 Å². The molecule has 1 heterocycles. The smallest absolute Gasteiger partial charge is 0.287 e. The second-order valence-corrected chi connectivity index (χ2v) is 11.5. The molecule has 6 nitrogen and oxygen atoms in total. The zero-order valence-corrected chi connectivity index (χ0v) is 22.4. The molecule has 0 spiro atoms. The normalized spacial score (nSPS) is 12.6. The lowest BCUT2D eigenvalue weighted by Crippen LogP contribution is -2.36. The van der Waals surface area contributed by atoms with Gasteiger partial charge in [-0.1, -0.05) is 90.0 Å². The summed E-state index contributed by atoms with van der Waals surface area (Å²) in [5.74, 6) is 0. The van der Waals surface area contributed by atoms with Gasteiger partial charge in [0.05, 0.1) is 28.5 Å². The maximum Gasteiger partial charge on any atom is 0.329 e. The molecule has 0 aliphatic rings. The predicted molar refractivity (Wildman–Crippen MR) is 152 cm³/mol. The lowest BCUT2D eigenvalue weighted by molar-refractivity contribution is 0.475. The summed E-state index contributed by atoms with van der Waals surface area (Å²) in [6.07, 6.45) is 0.496. The van der Waals surface area contributed by atoms with Gasteiger partial charge >= 0.3 is 5.69 Å². The standard InChI is InChI=1S/C31H31N3O3S/c1-23-12-16-25(17-13-23)20-27(21-32-38(36,37)28-8-4-3-5-9-28)34-30-11-7-6-10-29(30)33(31(34)35)22-26-18-14-24(2)15-19-26/h3-19,27,32H,20-22H2,1-2H3. The van der Waals surface area contributed by atoms with Crippen molar-refractivity contribution >= 4 is 21.1 Å². The van der Waals surface area contributed by atoms with Crippen LogP contribution in [0.1, 0.15) is 28.3 Å². The molecule has 5 aromatic rings. The molecule has 0 aliphatic carbocycles. The monoisotopic (exact) mass is 525 g/mol. The summed E-state index contributed by atoms with van der Waals surface area (Å²) >= 11 is 0. The Morgan fingerprint density at radius 1 is 0.711 bits per heavy atom. The van der Waals surface area contributed by atoms with E-state index >= 15 is 0 Å². The molecule has 0 amide bonds. The van der Waals surface area contributed by atoms with Crippen LogP contribution >= 0.6 is 0 Å². The largest absolute Gasteiger partial charge is 0.329 e. The van der Waals surface area contributed by atoms with Crippen LogP contribution in [0.25, 0.3) is 11.0 Å². The van der Waals surface area contributed by atoms with E-state index < -0.39 is 16.1 Å². The highest BCUT2D eigenvalue weighted by molar-refractivity contribution is 7.89. The Kier molecular flexibility index (Phi) is 7.31. The Morgan fingerprint density at radius 2 is 1.26 bits per heavy atom. The molecule has 1 atom stereocenters. The number of hydrogen-bond donors (Lipinski definition) is 1. The number of benzene rings is 4. The van der Waals surface area contributed by atoms with Crippen LogP contribution < -0.4 is 10.4 Å². The third-order valence-electron chi connectivity index (χ3n) is 6.85. The molecule has 38 heavy (non-hydrogen) atoms. The number of rotatable bonds is 9. The molecule has 0 bridgehead atoms. The van der Waals surface area contributed by atoms with Crippen molar-refractivity contribution < 1.29 is 8.42 Å². The number of aromatic nitrogens is 2. The number of imidazole rings is 1. The molecular weight excluding hydrogens is 494 g/mol. The van der Waals surface area contributed by atoms with Crippen LogP contribution in [0.3, 0.4) is 0 Å². The van der Waals surface area contributed by atoms with Crippen molar-refractivity contribution in [3.05, 3.63) is 136 Å². The van der Waals surface area contributed by atoms with Gasteiger partial charge in [-0.05, 0) is 55.7 Å². The number of aryl methyl sites for hydroxylation is 2. The third-order valence-corrected chi connectivity index (χ3v) is 8.29. The van der Waals surface area contributed by atoms with Gasteiger partial charge in [0.25, 0.3) is 0 Å². The maximum atomic E-state index is 14.0. The van der Waals surface area contributed by atoms with Gasteiger partial charge in [0.2, 0.25) is 10.0 Å². The van der Waals surface area contributed by atoms with Gasteiger partial charge in [0.1, 0.15) is 0 Å². The van der Waals surface area contributed by atoms with Crippen molar-refractivity contribution in [2.75, 3.05) is 6.54 Å². The van der Waals surface area contributed by atoms with Crippen LogP contribution in [-0.4, -0.2) is 24.1 Å². The molecule has 0 saturated carbocycles. The minimum absolute atomic E-state index is 0.0730. The number of fused-ring (bicyclic) bond motifs is 1. The molecular formula is C31H31N3O3S. The van der Waals surface area contributed by atoms with E-state index in [2.05, 4.69) is 4.72 Å². The van der Waals surface area contributed by atoms with E-state index in [9.17, 15) is 13.2 Å². The summed E-state index contributed by atoms with van der Waals surface area (Å²) in [6.45, 7) is 4.57. The number of hydrogen-bond acceptors (Lipinski definition) is 3. The van der Waals surface area contributed by atoms with Crippen molar-refractivity contribution in [1.29, 1.82) is 0 Å². The predicted octanol–water partition coefficient (Wildman–Crippen LogP) is 5.23. The van der Waals surface area contributed by atoms with Crippen molar-refractivity contribution in [1.82, 2.24) is 13.9 Å². The van der Waals surface area contributed by atoms with Crippen molar-refractivity contribution in [3.63, 3.8) is 0 Å². The van der Waals surface area contributed by atoms with E-state index in [1.165, 1.54) is 0 Å². The molecule has 1 N–H and O–H groups in total. The van der Waals surface area contributed by atoms with Gasteiger partial charge in [-0.25, -0.2) is 17.9 Å². The molecule has 0 radical (unpaired) electrons. The first-order chi connectivity index (χ1) is 18.3. The Morgan fingerprint density at radius 3 is 1.89 bits per heavy atom. The SMILES string of the molecule is Cc1ccc(CC(CNS(=O)(=O)c2ccccc2)n2c(=O)n(Cc3ccc(C)cc3)c3ccccc32)cc1. The maximum absolute atomic E-state index is 14.0. The van der Waals surface area contributed by atoms with Crippen LogP contribution in [0.5, 0.6) is 0 Å². The Labute approximate surface area is 223 Å². The van der Waals surface area contributed by atoms with Crippen LogP contribution in [0.15, 0.2) is 113 Å². The number of nitrogens with zero attached hydrogens (tertiary/aromatic N) is 2. The molecule has 1 aromatic heterocycles. The van der Waals surface area contributed by atoms with E-state index in [0.29, 0.717) is 13.0 Å². The van der Waals surface area contributed by atoms with Gasteiger partial charge in [-0.2, -0.15) is 0 Å². The third kappa shape index (κ3) is 5.49. The Hall–Kier alpha value is -3.94. The average Bonchev–Trinajstić information content (AvgIpc) is 3.20. The summed E-state index contributed by atoms with van der Waals surface area (Å²) in [4.78, 5) is 14.2. The van der Waals surface area contributed by atoms with Gasteiger partial charge < -0.3 is 0 Å². The Balaban J connectivity index is 1.57. The van der Waals surface area contributed by atoms with Crippen LogP contribution in [0.2, 0.25) is 0 Å². The van der Waals surface area contributed by atoms with Crippen molar-refractivity contribution in [3.8, 4) is 0 Å². The molecule has 194 valence electrons. The average molecular weight is 526 g/mol. The minimum Gasteiger partial charge on any atom is -0.287 e. The number of nitrogens with one attached hydrogen (secondary N) is 1. The summed E-state index contributed by atoms with van der Waals surface area (Å²) in [6, 6.07) is 31.8. The second kappa shape index (κ2) is 10.8. The summed E-state index contributed by atoms with van der Waals surface area (Å²) < 4.78 is 32.5. The number of para-hydroxylation sites is 2. The van der Waals surface area contributed by atoms with E-state index in [4.69, 9.17) is 0 Å². The van der Waals surface area contributed by atoms with Gasteiger partial charge in [-0.15, -0.1) is 0 Å². The molecule has 0 saturated heterocycles. The summed E-state index contributed by atoms with van der Waals surface area (Å²) in [7, 11) is -3.75. The van der Waals surface area contributed by atoms with Gasteiger partial charge in [0.15, 0.2) is 0 Å². The van der Waals surface area contributed by atoms with Crippen LogP contribution in [0.4, 0.5) is 0 Å². The quantitative estimate of drug-likeness (QED) is 0.286. The van der Waals surface area contributed by atoms with Gasteiger partial charge in [0, 0.05) is 6.54 Å². The lowest BCUT2D eigenvalue weighted by atomic mass is 10.0. The first kappa shape index (κ1) is 25.7. The first-order valence-electron chi connectivity index (χ1n) is 12.7. The zero-order chi connectivity index (χ0) is 26.7. The van der Waals surface area contributed by atoms with E-state index in [1.807, 2.05) is 86.6 Å². The zero-order valence-electron chi connectivity index (χ0n) is 21.5. The lowest BCUT2D eigenvalue weighted by Gasteiger charge is -2.20. The fraction of sp³-hybridized carbons (Fsp3) is 0.194. The Bertz CT molecular complexity index is 1700. The second-order valence-electron chi connectivity index (χ2n) is 9.72. The highest BCUT2D eigenvalue weighted by Gasteiger charge is 2.24. The number of sulfonamides is 1. The van der Waals surface area contributed by atoms with E-state index in [-0.39, 0.29) is 17.1 Å². The topological polar surface area (TPSA) is 73.1 Å². The fourth-order valence-corrected chi connectivity index (χ4v) is 5.85. The molecule has 5 rings (SSSR count). The van der Waals surface area contributed by atoms with Crippen molar-refractivity contribution in [2.45, 2.75) is 37.8 Å². The summed E-state index contributed by atoms with van der Waals surface area (Å²) in [5.41, 5.74) is 5.79. The van der Waals surface area contributed by atoms with E-state index in [0.717, 1.165) is 33.3 Å². The summed E-state index contributed by atoms with van der Waals surface area (Å²) in [5, 5.41) is 0. The molecule has 1 unspecified atom stereocenters.